The van der Waals surface area contributed by atoms with E-state index in [9.17, 15) is 4.79 Å². The molecule has 1 atom stereocenters. The fourth-order valence-electron chi connectivity index (χ4n) is 2.15. The van der Waals surface area contributed by atoms with Crippen molar-refractivity contribution in [2.24, 2.45) is 0 Å². The third-order valence-electron chi connectivity index (χ3n) is 3.03. The molecule has 1 saturated heterocycles. The third-order valence-corrected chi connectivity index (χ3v) is 3.38. The van der Waals surface area contributed by atoms with Crippen LogP contribution in [0.1, 0.15) is 6.42 Å². The van der Waals surface area contributed by atoms with Gasteiger partial charge in [-0.2, -0.15) is 17.7 Å². The number of thiol groups is 1. The minimum Gasteiger partial charge on any atom is -0.311 e. The maximum atomic E-state index is 11.8. The summed E-state index contributed by atoms with van der Waals surface area (Å²) in [6, 6.07) is 9.69. The molecule has 1 aromatic heterocycles. The van der Waals surface area contributed by atoms with Crippen LogP contribution in [0.4, 0.5) is 5.69 Å². The molecule has 0 N–H and O–H groups in total. The summed E-state index contributed by atoms with van der Waals surface area (Å²) in [5.41, 5.74) is 1.91. The Morgan fingerprint density at radius 1 is 1.22 bits per heavy atom. The minimum absolute atomic E-state index is 0.141. The Labute approximate surface area is 111 Å². The summed E-state index contributed by atoms with van der Waals surface area (Å²) in [6.45, 7) is 0.684. The van der Waals surface area contributed by atoms with E-state index in [1.165, 1.54) is 0 Å². The molecule has 2 heterocycles. The number of carbonyl (C=O) groups excluding carboxylic acids is 1. The van der Waals surface area contributed by atoms with Crippen molar-refractivity contribution in [3.63, 3.8) is 0 Å². The van der Waals surface area contributed by atoms with Gasteiger partial charge in [-0.25, -0.2) is 4.68 Å². The van der Waals surface area contributed by atoms with E-state index in [2.05, 4.69) is 17.7 Å². The highest BCUT2D eigenvalue weighted by atomic mass is 32.1. The largest absolute Gasteiger partial charge is 0.311 e. The number of carbonyl (C=O) groups is 1. The molecule has 18 heavy (non-hydrogen) atoms. The highest BCUT2D eigenvalue weighted by Crippen LogP contribution is 2.24. The molecule has 1 aliphatic heterocycles. The molecule has 0 bridgehead atoms. The van der Waals surface area contributed by atoms with E-state index in [0.717, 1.165) is 11.4 Å². The zero-order chi connectivity index (χ0) is 12.5. The lowest BCUT2D eigenvalue weighted by atomic mass is 10.2. The van der Waals surface area contributed by atoms with E-state index in [1.54, 1.807) is 15.8 Å². The number of hydrogen-bond acceptors (Lipinski definition) is 3. The van der Waals surface area contributed by atoms with Gasteiger partial charge in [0.05, 0.1) is 5.69 Å². The maximum absolute atomic E-state index is 11.8. The number of aromatic nitrogens is 2. The van der Waals surface area contributed by atoms with Crippen LogP contribution in [0.5, 0.6) is 0 Å². The van der Waals surface area contributed by atoms with E-state index < -0.39 is 0 Å². The van der Waals surface area contributed by atoms with Gasteiger partial charge >= 0.3 is 0 Å². The maximum Gasteiger partial charge on any atom is 0.228 e. The molecule has 0 radical (unpaired) electrons. The standard InChI is InChI=1S/C13H13N3OS/c17-13-8-12(18)9-15(13)10-2-4-11(5-3-10)16-7-1-6-14-16/h1-7,12,18H,8-9H2. The van der Waals surface area contributed by atoms with Crippen LogP contribution in [0.3, 0.4) is 0 Å². The van der Waals surface area contributed by atoms with Crippen LogP contribution >= 0.6 is 12.6 Å². The number of hydrogen-bond donors (Lipinski definition) is 1. The molecule has 4 nitrogen and oxygen atoms in total. The molecule has 1 aromatic carbocycles. The predicted octanol–water partition coefficient (Wildman–Crippen LogP) is 1.91. The van der Waals surface area contributed by atoms with Gasteiger partial charge in [0.25, 0.3) is 0 Å². The Hall–Kier alpha value is -1.75. The molecule has 0 spiro atoms. The second-order valence-electron chi connectivity index (χ2n) is 4.33. The van der Waals surface area contributed by atoms with Crippen LogP contribution in [-0.4, -0.2) is 27.5 Å². The van der Waals surface area contributed by atoms with Gasteiger partial charge in [-0.05, 0) is 30.3 Å². The fourth-order valence-corrected chi connectivity index (χ4v) is 2.46. The van der Waals surface area contributed by atoms with Crippen molar-refractivity contribution in [2.45, 2.75) is 11.7 Å². The van der Waals surface area contributed by atoms with Crippen molar-refractivity contribution in [3.8, 4) is 5.69 Å². The smallest absolute Gasteiger partial charge is 0.228 e. The molecule has 0 saturated carbocycles. The quantitative estimate of drug-likeness (QED) is 0.837. The predicted molar refractivity (Wildman–Crippen MR) is 73.3 cm³/mol. The van der Waals surface area contributed by atoms with Crippen LogP contribution in [0.25, 0.3) is 5.69 Å². The van der Waals surface area contributed by atoms with Crippen molar-refractivity contribution in [3.05, 3.63) is 42.7 Å². The number of benzene rings is 1. The first-order valence-electron chi connectivity index (χ1n) is 5.82. The molecule has 1 fully saturated rings. The molecule has 1 aliphatic rings. The zero-order valence-corrected chi connectivity index (χ0v) is 10.6. The Morgan fingerprint density at radius 2 is 1.94 bits per heavy atom. The molecule has 2 aromatic rings. The summed E-state index contributed by atoms with van der Waals surface area (Å²) in [5, 5.41) is 4.31. The molecule has 1 amide bonds. The number of amides is 1. The van der Waals surface area contributed by atoms with Gasteiger partial charge < -0.3 is 4.90 Å². The minimum atomic E-state index is 0.141. The second kappa shape index (κ2) is 4.49. The topological polar surface area (TPSA) is 38.1 Å². The highest BCUT2D eigenvalue weighted by molar-refractivity contribution is 7.81. The van der Waals surface area contributed by atoms with Gasteiger partial charge in [0, 0.05) is 36.3 Å². The lowest BCUT2D eigenvalue weighted by molar-refractivity contribution is -0.117. The number of anilines is 1. The zero-order valence-electron chi connectivity index (χ0n) is 9.73. The van der Waals surface area contributed by atoms with Gasteiger partial charge in [0.1, 0.15) is 0 Å². The summed E-state index contributed by atoms with van der Waals surface area (Å²) in [6.07, 6.45) is 4.15. The van der Waals surface area contributed by atoms with Crippen molar-refractivity contribution < 1.29 is 4.79 Å². The molecule has 0 aliphatic carbocycles. The van der Waals surface area contributed by atoms with E-state index in [4.69, 9.17) is 0 Å². The first-order valence-corrected chi connectivity index (χ1v) is 6.34. The van der Waals surface area contributed by atoms with E-state index in [1.807, 2.05) is 36.5 Å². The third kappa shape index (κ3) is 2.01. The number of nitrogens with zero attached hydrogens (tertiary/aromatic N) is 3. The lowest BCUT2D eigenvalue weighted by Gasteiger charge is -2.16. The lowest BCUT2D eigenvalue weighted by Crippen LogP contribution is -2.24. The Morgan fingerprint density at radius 3 is 2.50 bits per heavy atom. The van der Waals surface area contributed by atoms with E-state index in [0.29, 0.717) is 13.0 Å². The molecule has 92 valence electrons. The average molecular weight is 259 g/mol. The Balaban J connectivity index is 1.85. The molecular formula is C13H13N3OS. The van der Waals surface area contributed by atoms with Crippen molar-refractivity contribution >= 4 is 24.2 Å². The average Bonchev–Trinajstić information content (AvgIpc) is 2.99. The summed E-state index contributed by atoms with van der Waals surface area (Å²) >= 11 is 4.35. The van der Waals surface area contributed by atoms with Crippen LogP contribution in [0.2, 0.25) is 0 Å². The highest BCUT2D eigenvalue weighted by Gasteiger charge is 2.28. The van der Waals surface area contributed by atoms with Crippen LogP contribution in [0.15, 0.2) is 42.7 Å². The SMILES string of the molecule is O=C1CC(S)CN1c1ccc(-n2cccn2)cc1. The first kappa shape index (κ1) is 11.3. The van der Waals surface area contributed by atoms with Gasteiger partial charge in [-0.3, -0.25) is 4.79 Å². The van der Waals surface area contributed by atoms with Gasteiger partial charge in [0.2, 0.25) is 5.91 Å². The summed E-state index contributed by atoms with van der Waals surface area (Å²) in [5.74, 6) is 0.141. The summed E-state index contributed by atoms with van der Waals surface area (Å²) in [7, 11) is 0. The van der Waals surface area contributed by atoms with Crippen molar-refractivity contribution in [1.82, 2.24) is 9.78 Å². The number of rotatable bonds is 2. The molecule has 1 unspecified atom stereocenters. The summed E-state index contributed by atoms with van der Waals surface area (Å²) in [4.78, 5) is 13.5. The second-order valence-corrected chi connectivity index (χ2v) is 5.06. The fraction of sp³-hybridized carbons (Fsp3) is 0.231. The Kier molecular flexibility index (Phi) is 2.83. The first-order chi connectivity index (χ1) is 8.74. The van der Waals surface area contributed by atoms with Crippen LogP contribution in [-0.2, 0) is 4.79 Å². The van der Waals surface area contributed by atoms with E-state index in [-0.39, 0.29) is 11.2 Å². The van der Waals surface area contributed by atoms with E-state index >= 15 is 0 Å². The molecule has 3 rings (SSSR count). The van der Waals surface area contributed by atoms with Crippen molar-refractivity contribution in [2.75, 3.05) is 11.4 Å². The summed E-state index contributed by atoms with van der Waals surface area (Å²) < 4.78 is 1.79. The van der Waals surface area contributed by atoms with Crippen LogP contribution < -0.4 is 4.90 Å². The van der Waals surface area contributed by atoms with Gasteiger partial charge in [0.15, 0.2) is 0 Å². The van der Waals surface area contributed by atoms with Crippen molar-refractivity contribution in [1.29, 1.82) is 0 Å². The van der Waals surface area contributed by atoms with Crippen LogP contribution in [0, 0.1) is 0 Å². The normalized spacial score (nSPS) is 19.5. The van der Waals surface area contributed by atoms with Gasteiger partial charge in [-0.1, -0.05) is 0 Å². The molecular weight excluding hydrogens is 246 g/mol. The monoisotopic (exact) mass is 259 g/mol. The Bertz CT molecular complexity index is 550. The van der Waals surface area contributed by atoms with Gasteiger partial charge in [-0.15, -0.1) is 0 Å². The molecule has 5 heteroatoms.